The second-order valence-corrected chi connectivity index (χ2v) is 8.05. The molecule has 0 aromatic carbocycles. The predicted molar refractivity (Wildman–Crippen MR) is 81.3 cm³/mol. The van der Waals surface area contributed by atoms with Crippen LogP contribution in [0.5, 0.6) is 0 Å². The first-order chi connectivity index (χ1) is 10.6. The molecule has 122 valence electrons. The summed E-state index contributed by atoms with van der Waals surface area (Å²) in [5, 5.41) is 12.7. The molecule has 0 aromatic heterocycles. The highest BCUT2D eigenvalue weighted by Crippen LogP contribution is 2.49. The molecule has 0 spiro atoms. The summed E-state index contributed by atoms with van der Waals surface area (Å²) in [7, 11) is 0. The molecule has 1 aliphatic heterocycles. The van der Waals surface area contributed by atoms with Crippen LogP contribution in [-0.2, 0) is 4.79 Å². The van der Waals surface area contributed by atoms with Gasteiger partial charge in [-0.15, -0.1) is 0 Å². The highest BCUT2D eigenvalue weighted by molar-refractivity contribution is 5.80. The largest absolute Gasteiger partial charge is 0.481 e. The Bertz CT molecular complexity index is 494. The van der Waals surface area contributed by atoms with Crippen molar-refractivity contribution in [3.05, 3.63) is 0 Å². The van der Waals surface area contributed by atoms with E-state index >= 15 is 0 Å². The highest BCUT2D eigenvalue weighted by atomic mass is 16.4. The van der Waals surface area contributed by atoms with Gasteiger partial charge in [0.1, 0.15) is 0 Å². The van der Waals surface area contributed by atoms with Crippen molar-refractivity contribution >= 4 is 12.0 Å². The van der Waals surface area contributed by atoms with Gasteiger partial charge in [-0.3, -0.25) is 4.79 Å². The Morgan fingerprint density at radius 2 is 2.09 bits per heavy atom. The van der Waals surface area contributed by atoms with E-state index in [0.29, 0.717) is 19.0 Å². The molecule has 4 fully saturated rings. The monoisotopic (exact) mass is 306 g/mol. The molecule has 0 radical (unpaired) electrons. The quantitative estimate of drug-likeness (QED) is 0.840. The number of fused-ring (bicyclic) bond motifs is 3. The molecule has 1 saturated heterocycles. The molecule has 5 nitrogen and oxygen atoms in total. The summed E-state index contributed by atoms with van der Waals surface area (Å²) < 4.78 is 0. The number of rotatable bonds is 3. The van der Waals surface area contributed by atoms with E-state index < -0.39 is 11.4 Å². The third-order valence-electron chi connectivity index (χ3n) is 6.98. The number of nitrogens with one attached hydrogen (secondary N) is 1. The van der Waals surface area contributed by atoms with E-state index in [1.165, 1.54) is 25.7 Å². The summed E-state index contributed by atoms with van der Waals surface area (Å²) in [5.74, 6) is 1.80. The Hall–Kier alpha value is -1.26. The van der Waals surface area contributed by atoms with Gasteiger partial charge in [0.2, 0.25) is 0 Å². The highest BCUT2D eigenvalue weighted by Gasteiger charge is 2.55. The normalized spacial score (nSPS) is 42.6. The first-order valence-corrected chi connectivity index (χ1v) is 8.84. The third-order valence-corrected chi connectivity index (χ3v) is 6.98. The van der Waals surface area contributed by atoms with Crippen LogP contribution >= 0.6 is 0 Å². The minimum absolute atomic E-state index is 0.0437. The molecule has 22 heavy (non-hydrogen) atoms. The molecule has 0 aromatic rings. The number of hydrogen-bond acceptors (Lipinski definition) is 2. The predicted octanol–water partition coefficient (Wildman–Crippen LogP) is 2.32. The maximum absolute atomic E-state index is 12.4. The average Bonchev–Trinajstić information content (AvgIpc) is 3.22. The zero-order valence-corrected chi connectivity index (χ0v) is 13.1. The van der Waals surface area contributed by atoms with Crippen LogP contribution in [0.1, 0.15) is 44.9 Å². The lowest BCUT2D eigenvalue weighted by molar-refractivity contribution is -0.149. The molecule has 5 atom stereocenters. The summed E-state index contributed by atoms with van der Waals surface area (Å²) in [6.45, 7) is 1.80. The van der Waals surface area contributed by atoms with Crippen molar-refractivity contribution in [3.8, 4) is 0 Å². The lowest BCUT2D eigenvalue weighted by Gasteiger charge is -2.25. The van der Waals surface area contributed by atoms with E-state index in [1.54, 1.807) is 4.90 Å². The summed E-state index contributed by atoms with van der Waals surface area (Å²) in [4.78, 5) is 25.8. The molecule has 3 saturated carbocycles. The third kappa shape index (κ3) is 2.12. The summed E-state index contributed by atoms with van der Waals surface area (Å²) in [6.07, 6.45) is 7.99. The standard InChI is InChI=1S/C17H26N2O3/c20-15(21)17-5-1-2-14(17)9-19(10-17)16(22)18-8-13-7-11-3-4-12(13)6-11/h11-14H,1-10H2,(H,18,22)(H,20,21)/t11?,12?,13?,14-,17+/m0/s1. The fraction of sp³-hybridized carbons (Fsp3) is 0.882. The molecule has 3 aliphatic carbocycles. The van der Waals surface area contributed by atoms with Crippen LogP contribution in [0.15, 0.2) is 0 Å². The van der Waals surface area contributed by atoms with Crippen molar-refractivity contribution in [3.63, 3.8) is 0 Å². The Labute approximate surface area is 131 Å². The van der Waals surface area contributed by atoms with E-state index in [2.05, 4.69) is 5.32 Å². The average molecular weight is 306 g/mol. The Kier molecular flexibility index (Phi) is 3.35. The van der Waals surface area contributed by atoms with Gasteiger partial charge in [-0.2, -0.15) is 0 Å². The Morgan fingerprint density at radius 3 is 2.73 bits per heavy atom. The van der Waals surface area contributed by atoms with Crippen molar-refractivity contribution < 1.29 is 14.7 Å². The van der Waals surface area contributed by atoms with Gasteiger partial charge in [0.05, 0.1) is 5.41 Å². The van der Waals surface area contributed by atoms with Crippen LogP contribution in [0.25, 0.3) is 0 Å². The van der Waals surface area contributed by atoms with Crippen LogP contribution in [-0.4, -0.2) is 41.6 Å². The van der Waals surface area contributed by atoms with Gasteiger partial charge in [0, 0.05) is 19.6 Å². The number of amides is 2. The SMILES string of the molecule is O=C(NCC1CC2CCC1C2)N1C[C@@H]2CCC[C@@]2(C(=O)O)C1. The van der Waals surface area contributed by atoms with E-state index in [0.717, 1.165) is 37.6 Å². The zero-order chi connectivity index (χ0) is 15.3. The van der Waals surface area contributed by atoms with Crippen molar-refractivity contribution in [1.82, 2.24) is 10.2 Å². The second kappa shape index (κ2) is 5.14. The Balaban J connectivity index is 1.33. The topological polar surface area (TPSA) is 69.6 Å². The molecular weight excluding hydrogens is 280 g/mol. The number of carbonyl (C=O) groups is 2. The molecule has 4 aliphatic rings. The fourth-order valence-corrected chi connectivity index (χ4v) is 5.75. The molecule has 4 rings (SSSR count). The maximum Gasteiger partial charge on any atom is 0.317 e. The number of urea groups is 1. The van der Waals surface area contributed by atoms with Crippen LogP contribution in [0, 0.1) is 29.1 Å². The number of carbonyl (C=O) groups excluding carboxylic acids is 1. The van der Waals surface area contributed by atoms with Crippen molar-refractivity contribution in [2.75, 3.05) is 19.6 Å². The van der Waals surface area contributed by atoms with Gasteiger partial charge in [0.15, 0.2) is 0 Å². The first-order valence-electron chi connectivity index (χ1n) is 8.84. The van der Waals surface area contributed by atoms with Gasteiger partial charge in [0.25, 0.3) is 0 Å². The summed E-state index contributed by atoms with van der Waals surface area (Å²) >= 11 is 0. The molecule has 3 unspecified atom stereocenters. The minimum Gasteiger partial charge on any atom is -0.481 e. The number of carboxylic acid groups (broad SMARTS) is 1. The maximum atomic E-state index is 12.4. The molecule has 2 bridgehead atoms. The van der Waals surface area contributed by atoms with E-state index in [1.807, 2.05) is 0 Å². The summed E-state index contributed by atoms with van der Waals surface area (Å²) in [6, 6.07) is -0.0437. The van der Waals surface area contributed by atoms with Gasteiger partial charge in [-0.05, 0) is 55.8 Å². The Morgan fingerprint density at radius 1 is 1.23 bits per heavy atom. The summed E-state index contributed by atoms with van der Waals surface area (Å²) in [5.41, 5.74) is -0.663. The van der Waals surface area contributed by atoms with Crippen molar-refractivity contribution in [2.24, 2.45) is 29.1 Å². The van der Waals surface area contributed by atoms with E-state index in [9.17, 15) is 14.7 Å². The smallest absolute Gasteiger partial charge is 0.317 e. The molecule has 2 N–H and O–H groups in total. The lowest BCUT2D eigenvalue weighted by atomic mass is 9.81. The second-order valence-electron chi connectivity index (χ2n) is 8.05. The zero-order valence-electron chi connectivity index (χ0n) is 13.1. The van der Waals surface area contributed by atoms with Gasteiger partial charge in [-0.1, -0.05) is 12.8 Å². The van der Waals surface area contributed by atoms with Gasteiger partial charge in [-0.25, -0.2) is 4.79 Å². The first kappa shape index (κ1) is 14.3. The fourth-order valence-electron chi connectivity index (χ4n) is 5.75. The number of likely N-dealkylation sites (tertiary alicyclic amines) is 1. The van der Waals surface area contributed by atoms with Gasteiger partial charge >= 0.3 is 12.0 Å². The van der Waals surface area contributed by atoms with Crippen LogP contribution < -0.4 is 5.32 Å². The van der Waals surface area contributed by atoms with Crippen LogP contribution in [0.4, 0.5) is 4.79 Å². The van der Waals surface area contributed by atoms with Crippen LogP contribution in [0.2, 0.25) is 0 Å². The van der Waals surface area contributed by atoms with Crippen molar-refractivity contribution in [1.29, 1.82) is 0 Å². The number of aliphatic carboxylic acids is 1. The van der Waals surface area contributed by atoms with E-state index in [4.69, 9.17) is 0 Å². The molecule has 5 heteroatoms. The van der Waals surface area contributed by atoms with Gasteiger partial charge < -0.3 is 15.3 Å². The number of hydrogen-bond donors (Lipinski definition) is 2. The molecule has 1 heterocycles. The number of nitrogens with zero attached hydrogens (tertiary/aromatic N) is 1. The van der Waals surface area contributed by atoms with E-state index in [-0.39, 0.29) is 11.9 Å². The number of carboxylic acids is 1. The lowest BCUT2D eigenvalue weighted by Crippen LogP contribution is -2.43. The molecular formula is C17H26N2O3. The minimum atomic E-state index is -0.710. The molecule has 2 amide bonds. The van der Waals surface area contributed by atoms with Crippen molar-refractivity contribution in [2.45, 2.75) is 44.9 Å². The van der Waals surface area contributed by atoms with Crippen LogP contribution in [0.3, 0.4) is 0 Å².